The van der Waals surface area contributed by atoms with Crippen molar-refractivity contribution in [1.82, 2.24) is 0 Å². The molecule has 2 aromatic carbocycles. The van der Waals surface area contributed by atoms with Gasteiger partial charge < -0.3 is 4.74 Å². The first-order valence-corrected chi connectivity index (χ1v) is 8.39. The largest absolute Gasteiger partial charge is 0.493 e. The fraction of sp³-hybridized carbons (Fsp3) is 0.235. The minimum atomic E-state index is 0.0858. The van der Waals surface area contributed by atoms with Crippen LogP contribution in [0.15, 0.2) is 41.3 Å². The summed E-state index contributed by atoms with van der Waals surface area (Å²) in [6.07, 6.45) is 3.20. The molecule has 2 aromatic rings. The molecule has 0 atom stereocenters. The van der Waals surface area contributed by atoms with E-state index in [1.54, 1.807) is 11.8 Å². The Balaban J connectivity index is 1.84. The van der Waals surface area contributed by atoms with E-state index in [-0.39, 0.29) is 5.78 Å². The smallest absolute Gasteiger partial charge is 0.167 e. The highest BCUT2D eigenvalue weighted by Gasteiger charge is 2.19. The molecule has 21 heavy (non-hydrogen) atoms. The zero-order chi connectivity index (χ0) is 14.8. The maximum Gasteiger partial charge on any atom is 0.167 e. The Morgan fingerprint density at radius 3 is 2.76 bits per heavy atom. The van der Waals surface area contributed by atoms with Crippen LogP contribution in [0.3, 0.4) is 0 Å². The molecule has 0 unspecified atom stereocenters. The first kappa shape index (κ1) is 14.5. The number of thioether (sulfide) groups is 1. The van der Waals surface area contributed by atoms with E-state index in [4.69, 9.17) is 16.3 Å². The SMILES string of the molecule is CSc1ccc(C(=O)Cc2cc(Cl)cc3c2OCC3)cc1. The molecule has 0 bridgehead atoms. The monoisotopic (exact) mass is 318 g/mol. The number of Topliss-reactive ketones (excluding diaryl/α,β-unsaturated/α-hetero) is 1. The molecular weight excluding hydrogens is 304 g/mol. The van der Waals surface area contributed by atoms with Gasteiger partial charge in [0.2, 0.25) is 0 Å². The molecule has 0 radical (unpaired) electrons. The highest BCUT2D eigenvalue weighted by Crippen LogP contribution is 2.33. The van der Waals surface area contributed by atoms with Gasteiger partial charge in [-0.1, -0.05) is 23.7 Å². The molecule has 0 spiro atoms. The van der Waals surface area contributed by atoms with Crippen LogP contribution in [0.4, 0.5) is 0 Å². The minimum Gasteiger partial charge on any atom is -0.493 e. The summed E-state index contributed by atoms with van der Waals surface area (Å²) in [6, 6.07) is 11.4. The van der Waals surface area contributed by atoms with Crippen molar-refractivity contribution in [3.05, 3.63) is 58.1 Å². The van der Waals surface area contributed by atoms with Gasteiger partial charge in [-0.05, 0) is 36.1 Å². The highest BCUT2D eigenvalue weighted by molar-refractivity contribution is 7.98. The second-order valence-corrected chi connectivity index (χ2v) is 6.30. The standard InChI is InChI=1S/C17H15ClO2S/c1-21-15-4-2-11(3-5-15)16(19)10-13-9-14(18)8-12-6-7-20-17(12)13/h2-5,8-9H,6-7,10H2,1H3. The van der Waals surface area contributed by atoms with Gasteiger partial charge in [0.05, 0.1) is 6.61 Å². The van der Waals surface area contributed by atoms with Gasteiger partial charge in [0, 0.05) is 33.9 Å². The summed E-state index contributed by atoms with van der Waals surface area (Å²) < 4.78 is 5.64. The summed E-state index contributed by atoms with van der Waals surface area (Å²) in [5.41, 5.74) is 2.71. The summed E-state index contributed by atoms with van der Waals surface area (Å²) in [6.45, 7) is 0.666. The third-order valence-electron chi connectivity index (χ3n) is 3.59. The fourth-order valence-electron chi connectivity index (χ4n) is 2.53. The van der Waals surface area contributed by atoms with Crippen molar-refractivity contribution in [2.45, 2.75) is 17.7 Å². The Morgan fingerprint density at radius 2 is 2.05 bits per heavy atom. The summed E-state index contributed by atoms with van der Waals surface area (Å²) in [4.78, 5) is 13.6. The summed E-state index contributed by atoms with van der Waals surface area (Å²) in [5, 5.41) is 0.666. The van der Waals surface area contributed by atoms with Gasteiger partial charge >= 0.3 is 0 Å². The van der Waals surface area contributed by atoms with Gasteiger partial charge in [0.25, 0.3) is 0 Å². The topological polar surface area (TPSA) is 26.3 Å². The average Bonchev–Trinajstić information content (AvgIpc) is 2.95. The van der Waals surface area contributed by atoms with E-state index in [9.17, 15) is 4.79 Å². The van der Waals surface area contributed by atoms with Crippen LogP contribution >= 0.6 is 23.4 Å². The molecule has 1 aliphatic rings. The fourth-order valence-corrected chi connectivity index (χ4v) is 3.20. The molecule has 0 aliphatic carbocycles. The number of ketones is 1. The number of rotatable bonds is 4. The van der Waals surface area contributed by atoms with Crippen molar-refractivity contribution < 1.29 is 9.53 Å². The predicted molar refractivity (Wildman–Crippen MR) is 86.9 cm³/mol. The van der Waals surface area contributed by atoms with Crippen molar-refractivity contribution in [2.75, 3.05) is 12.9 Å². The molecule has 0 amide bonds. The third-order valence-corrected chi connectivity index (χ3v) is 4.55. The lowest BCUT2D eigenvalue weighted by molar-refractivity contribution is 0.0992. The summed E-state index contributed by atoms with van der Waals surface area (Å²) in [5.74, 6) is 0.927. The number of carbonyl (C=O) groups is 1. The van der Waals surface area contributed by atoms with Crippen molar-refractivity contribution in [3.8, 4) is 5.75 Å². The minimum absolute atomic E-state index is 0.0858. The Kier molecular flexibility index (Phi) is 4.22. The zero-order valence-electron chi connectivity index (χ0n) is 11.7. The second kappa shape index (κ2) is 6.12. The number of halogens is 1. The Bertz CT molecular complexity index is 680. The predicted octanol–water partition coefficient (Wildman–Crippen LogP) is 4.42. The van der Waals surface area contributed by atoms with Gasteiger partial charge in [-0.2, -0.15) is 0 Å². The molecule has 108 valence electrons. The van der Waals surface area contributed by atoms with Crippen LogP contribution in [-0.4, -0.2) is 18.6 Å². The maximum atomic E-state index is 12.4. The number of carbonyl (C=O) groups excluding carboxylic acids is 1. The molecule has 0 saturated heterocycles. The van der Waals surface area contributed by atoms with E-state index in [0.717, 1.165) is 33.8 Å². The molecule has 0 aromatic heterocycles. The lowest BCUT2D eigenvalue weighted by atomic mass is 10.00. The second-order valence-electron chi connectivity index (χ2n) is 4.98. The van der Waals surface area contributed by atoms with Gasteiger partial charge in [-0.15, -0.1) is 11.8 Å². The molecule has 0 N–H and O–H groups in total. The van der Waals surface area contributed by atoms with Crippen LogP contribution in [-0.2, 0) is 12.8 Å². The number of hydrogen-bond acceptors (Lipinski definition) is 3. The van der Waals surface area contributed by atoms with Crippen LogP contribution in [0.25, 0.3) is 0 Å². The van der Waals surface area contributed by atoms with E-state index >= 15 is 0 Å². The molecule has 3 rings (SSSR count). The Morgan fingerprint density at radius 1 is 1.29 bits per heavy atom. The van der Waals surface area contributed by atoms with Gasteiger partial charge in [0.1, 0.15) is 5.75 Å². The molecule has 2 nitrogen and oxygen atoms in total. The van der Waals surface area contributed by atoms with E-state index in [2.05, 4.69) is 0 Å². The average molecular weight is 319 g/mol. The quantitative estimate of drug-likeness (QED) is 0.616. The van der Waals surface area contributed by atoms with Crippen LogP contribution in [0.2, 0.25) is 5.02 Å². The lowest BCUT2D eigenvalue weighted by Crippen LogP contribution is -2.05. The molecule has 0 saturated carbocycles. The van der Waals surface area contributed by atoms with E-state index in [1.165, 1.54) is 0 Å². The lowest BCUT2D eigenvalue weighted by Gasteiger charge is -2.09. The van der Waals surface area contributed by atoms with Gasteiger partial charge in [0.15, 0.2) is 5.78 Å². The Labute approximate surface area is 133 Å². The number of ether oxygens (including phenoxy) is 1. The molecule has 4 heteroatoms. The molecular formula is C17H15ClO2S. The summed E-state index contributed by atoms with van der Waals surface area (Å²) >= 11 is 7.79. The maximum absolute atomic E-state index is 12.4. The van der Waals surface area contributed by atoms with Crippen molar-refractivity contribution in [2.24, 2.45) is 0 Å². The van der Waals surface area contributed by atoms with Crippen LogP contribution in [0, 0.1) is 0 Å². The van der Waals surface area contributed by atoms with Crippen LogP contribution in [0.1, 0.15) is 21.5 Å². The zero-order valence-corrected chi connectivity index (χ0v) is 13.3. The van der Waals surface area contributed by atoms with Crippen molar-refractivity contribution in [1.29, 1.82) is 0 Å². The van der Waals surface area contributed by atoms with E-state index < -0.39 is 0 Å². The van der Waals surface area contributed by atoms with E-state index in [1.807, 2.05) is 42.7 Å². The van der Waals surface area contributed by atoms with Gasteiger partial charge in [-0.3, -0.25) is 4.79 Å². The first-order valence-electron chi connectivity index (χ1n) is 6.79. The Hall–Kier alpha value is -1.45. The molecule has 0 fully saturated rings. The number of fused-ring (bicyclic) bond motifs is 1. The first-order chi connectivity index (χ1) is 10.2. The van der Waals surface area contributed by atoms with Crippen molar-refractivity contribution in [3.63, 3.8) is 0 Å². The van der Waals surface area contributed by atoms with E-state index in [0.29, 0.717) is 18.1 Å². The highest BCUT2D eigenvalue weighted by atomic mass is 35.5. The van der Waals surface area contributed by atoms with Crippen LogP contribution < -0.4 is 4.74 Å². The third kappa shape index (κ3) is 3.09. The summed E-state index contributed by atoms with van der Waals surface area (Å²) in [7, 11) is 0. The normalized spacial score (nSPS) is 12.9. The molecule has 1 aliphatic heterocycles. The molecule has 1 heterocycles. The number of benzene rings is 2. The van der Waals surface area contributed by atoms with Crippen LogP contribution in [0.5, 0.6) is 5.75 Å². The van der Waals surface area contributed by atoms with Gasteiger partial charge in [-0.25, -0.2) is 0 Å². The van der Waals surface area contributed by atoms with Crippen molar-refractivity contribution >= 4 is 29.1 Å². The number of hydrogen-bond donors (Lipinski definition) is 0.